The normalized spacial score (nSPS) is 10.6. The molecule has 0 aliphatic heterocycles. The van der Waals surface area contributed by atoms with Gasteiger partial charge >= 0.3 is 0 Å². The number of halogens is 1. The van der Waals surface area contributed by atoms with E-state index in [4.69, 9.17) is 27.8 Å². The van der Waals surface area contributed by atoms with Crippen molar-refractivity contribution in [1.82, 2.24) is 0 Å². The second-order valence-electron chi connectivity index (χ2n) is 3.19. The van der Waals surface area contributed by atoms with Gasteiger partial charge in [0.05, 0.1) is 17.8 Å². The molecular formula is C11H13ClN2O2. The van der Waals surface area contributed by atoms with E-state index in [9.17, 15) is 4.79 Å². The Hall–Kier alpha value is -1.68. The van der Waals surface area contributed by atoms with Crippen LogP contribution >= 0.6 is 11.6 Å². The maximum atomic E-state index is 10.5. The summed E-state index contributed by atoms with van der Waals surface area (Å²) in [6.07, 6.45) is 3.51. The van der Waals surface area contributed by atoms with Crippen LogP contribution in [0.3, 0.4) is 0 Å². The van der Waals surface area contributed by atoms with E-state index in [1.807, 2.05) is 0 Å². The molecule has 0 atom stereocenters. The number of hydrogen-bond donors (Lipinski definition) is 2. The van der Waals surface area contributed by atoms with Crippen molar-refractivity contribution in [1.29, 1.82) is 0 Å². The molecule has 0 heterocycles. The minimum absolute atomic E-state index is 0.170. The van der Waals surface area contributed by atoms with Crippen molar-refractivity contribution in [2.75, 3.05) is 12.8 Å². The van der Waals surface area contributed by atoms with Gasteiger partial charge in [0.2, 0.25) is 5.91 Å². The lowest BCUT2D eigenvalue weighted by Gasteiger charge is -2.07. The Balaban J connectivity index is 2.95. The lowest BCUT2D eigenvalue weighted by molar-refractivity contribution is -0.117. The summed E-state index contributed by atoms with van der Waals surface area (Å²) in [6.45, 7) is 0. The summed E-state index contributed by atoms with van der Waals surface area (Å²) in [7, 11) is 1.52. The zero-order valence-electron chi connectivity index (χ0n) is 8.87. The first-order valence-electron chi connectivity index (χ1n) is 4.62. The number of methoxy groups -OCH3 is 1. The molecule has 0 aliphatic rings. The molecule has 1 aromatic rings. The summed E-state index contributed by atoms with van der Waals surface area (Å²) in [4.78, 5) is 10.5. The number of hydrogen-bond acceptors (Lipinski definition) is 3. The minimum atomic E-state index is -0.394. The van der Waals surface area contributed by atoms with Gasteiger partial charge in [0.15, 0.2) is 0 Å². The number of primary amides is 1. The highest BCUT2D eigenvalue weighted by atomic mass is 35.5. The molecule has 86 valence electrons. The Labute approximate surface area is 98.8 Å². The smallest absolute Gasteiger partial charge is 0.221 e. The average molecular weight is 241 g/mol. The minimum Gasteiger partial charge on any atom is -0.495 e. The van der Waals surface area contributed by atoms with E-state index < -0.39 is 5.91 Å². The number of amides is 1. The number of carbonyl (C=O) groups excluding carboxylic acids is 1. The molecule has 4 N–H and O–H groups in total. The third-order valence-electron chi connectivity index (χ3n) is 1.97. The fourth-order valence-electron chi connectivity index (χ4n) is 1.19. The van der Waals surface area contributed by atoms with Gasteiger partial charge in [-0.2, -0.15) is 0 Å². The van der Waals surface area contributed by atoms with Gasteiger partial charge in [0.25, 0.3) is 0 Å². The molecule has 5 heteroatoms. The van der Waals surface area contributed by atoms with Crippen LogP contribution in [0, 0.1) is 0 Å². The fraction of sp³-hybridized carbons (Fsp3) is 0.182. The summed E-state index contributed by atoms with van der Waals surface area (Å²) in [5.41, 5.74) is 11.9. The van der Waals surface area contributed by atoms with Crippen molar-refractivity contribution in [2.45, 2.75) is 6.42 Å². The van der Waals surface area contributed by atoms with E-state index in [-0.39, 0.29) is 6.42 Å². The summed E-state index contributed by atoms with van der Waals surface area (Å²) >= 11 is 5.97. The van der Waals surface area contributed by atoms with Gasteiger partial charge in [-0.1, -0.05) is 23.8 Å². The first kappa shape index (κ1) is 12.4. The van der Waals surface area contributed by atoms with Crippen LogP contribution in [-0.4, -0.2) is 13.0 Å². The van der Waals surface area contributed by atoms with Crippen LogP contribution in [0.25, 0.3) is 6.08 Å². The van der Waals surface area contributed by atoms with Crippen molar-refractivity contribution in [3.63, 3.8) is 0 Å². The molecule has 0 unspecified atom stereocenters. The molecule has 0 radical (unpaired) electrons. The quantitative estimate of drug-likeness (QED) is 0.788. The molecule has 1 aromatic carbocycles. The molecule has 1 amide bonds. The maximum absolute atomic E-state index is 10.5. The monoisotopic (exact) mass is 240 g/mol. The fourth-order valence-corrected chi connectivity index (χ4v) is 1.43. The molecule has 0 saturated heterocycles. The van der Waals surface area contributed by atoms with E-state index in [0.717, 1.165) is 5.56 Å². The summed E-state index contributed by atoms with van der Waals surface area (Å²) in [6, 6.07) is 3.31. The maximum Gasteiger partial charge on any atom is 0.221 e. The van der Waals surface area contributed by atoms with E-state index in [1.165, 1.54) is 7.11 Å². The number of rotatable bonds is 4. The van der Waals surface area contributed by atoms with E-state index >= 15 is 0 Å². The van der Waals surface area contributed by atoms with Crippen LogP contribution in [0.1, 0.15) is 12.0 Å². The lowest BCUT2D eigenvalue weighted by Crippen LogP contribution is -2.07. The van der Waals surface area contributed by atoms with Gasteiger partial charge in [0.1, 0.15) is 5.75 Å². The Bertz CT molecular complexity index is 430. The van der Waals surface area contributed by atoms with Crippen LogP contribution < -0.4 is 16.2 Å². The predicted octanol–water partition coefficient (Wildman–Crippen LogP) is 1.82. The Morgan fingerprint density at radius 2 is 2.25 bits per heavy atom. The molecule has 16 heavy (non-hydrogen) atoms. The van der Waals surface area contributed by atoms with Crippen molar-refractivity contribution >= 4 is 29.3 Å². The topological polar surface area (TPSA) is 78.3 Å². The van der Waals surface area contributed by atoms with Crippen LogP contribution in [-0.2, 0) is 4.79 Å². The van der Waals surface area contributed by atoms with Gasteiger partial charge in [-0.15, -0.1) is 0 Å². The number of nitrogen functional groups attached to an aromatic ring is 1. The molecule has 0 bridgehead atoms. The Kier molecular flexibility index (Phi) is 4.19. The summed E-state index contributed by atoms with van der Waals surface area (Å²) in [5, 5.41) is 0.499. The van der Waals surface area contributed by atoms with E-state index in [2.05, 4.69) is 0 Å². The van der Waals surface area contributed by atoms with E-state index in [0.29, 0.717) is 16.5 Å². The van der Waals surface area contributed by atoms with Crippen molar-refractivity contribution < 1.29 is 9.53 Å². The largest absolute Gasteiger partial charge is 0.495 e. The molecule has 0 aliphatic carbocycles. The molecule has 4 nitrogen and oxygen atoms in total. The highest BCUT2D eigenvalue weighted by Crippen LogP contribution is 2.29. The summed E-state index contributed by atoms with van der Waals surface area (Å²) in [5.74, 6) is 0.151. The number of benzene rings is 1. The molecule has 0 aromatic heterocycles. The first-order chi connectivity index (χ1) is 7.54. The SMILES string of the molecule is COc1cc(C=CCC(N)=O)c(Cl)cc1N. The van der Waals surface area contributed by atoms with Gasteiger partial charge in [0, 0.05) is 6.42 Å². The second-order valence-corrected chi connectivity index (χ2v) is 3.60. The molecule has 0 saturated carbocycles. The number of anilines is 1. The molecular weight excluding hydrogens is 228 g/mol. The number of ether oxygens (including phenoxy) is 1. The van der Waals surface area contributed by atoms with Crippen LogP contribution in [0.5, 0.6) is 5.75 Å². The van der Waals surface area contributed by atoms with Crippen molar-refractivity contribution in [3.8, 4) is 5.75 Å². The third-order valence-corrected chi connectivity index (χ3v) is 2.29. The zero-order chi connectivity index (χ0) is 12.1. The predicted molar refractivity (Wildman–Crippen MR) is 65.3 cm³/mol. The third kappa shape index (κ3) is 3.17. The highest BCUT2D eigenvalue weighted by molar-refractivity contribution is 6.32. The van der Waals surface area contributed by atoms with Crippen molar-refractivity contribution in [2.24, 2.45) is 5.73 Å². The lowest BCUT2D eigenvalue weighted by atomic mass is 10.1. The van der Waals surface area contributed by atoms with Gasteiger partial charge in [-0.05, 0) is 17.7 Å². The zero-order valence-corrected chi connectivity index (χ0v) is 9.62. The average Bonchev–Trinajstić information content (AvgIpc) is 2.20. The van der Waals surface area contributed by atoms with Crippen LogP contribution in [0.2, 0.25) is 5.02 Å². The number of carbonyl (C=O) groups is 1. The van der Waals surface area contributed by atoms with Crippen LogP contribution in [0.4, 0.5) is 5.69 Å². The Morgan fingerprint density at radius 3 is 2.81 bits per heavy atom. The number of nitrogens with two attached hydrogens (primary N) is 2. The van der Waals surface area contributed by atoms with Gasteiger partial charge in [-0.25, -0.2) is 0 Å². The molecule has 0 fully saturated rings. The highest BCUT2D eigenvalue weighted by Gasteiger charge is 2.04. The van der Waals surface area contributed by atoms with Gasteiger partial charge < -0.3 is 16.2 Å². The standard InChI is InChI=1S/C11H13ClN2O2/c1-16-10-5-7(3-2-4-11(14)15)8(12)6-9(10)13/h2-3,5-6H,4,13H2,1H3,(H2,14,15). The second kappa shape index (κ2) is 5.42. The first-order valence-corrected chi connectivity index (χ1v) is 5.00. The molecule has 1 rings (SSSR count). The summed E-state index contributed by atoms with van der Waals surface area (Å²) < 4.78 is 5.06. The van der Waals surface area contributed by atoms with Gasteiger partial charge in [-0.3, -0.25) is 4.79 Å². The Morgan fingerprint density at radius 1 is 1.56 bits per heavy atom. The van der Waals surface area contributed by atoms with Crippen LogP contribution in [0.15, 0.2) is 18.2 Å². The molecule has 0 spiro atoms. The van der Waals surface area contributed by atoms with Crippen molar-refractivity contribution in [3.05, 3.63) is 28.8 Å². The van der Waals surface area contributed by atoms with E-state index in [1.54, 1.807) is 24.3 Å².